The van der Waals surface area contributed by atoms with Crippen molar-refractivity contribution in [2.75, 3.05) is 11.5 Å². The fourth-order valence-corrected chi connectivity index (χ4v) is 3.08. The van der Waals surface area contributed by atoms with Crippen molar-refractivity contribution in [3.8, 4) is 11.5 Å². The van der Waals surface area contributed by atoms with Crippen LogP contribution in [0.1, 0.15) is 12.5 Å². The van der Waals surface area contributed by atoms with Crippen LogP contribution in [0.4, 0.5) is 14.9 Å². The van der Waals surface area contributed by atoms with E-state index in [1.54, 1.807) is 6.92 Å². The highest BCUT2D eigenvalue weighted by atomic mass is 79.9. The summed E-state index contributed by atoms with van der Waals surface area (Å²) in [6.45, 7) is 2.02. The number of aromatic hydroxyl groups is 1. The van der Waals surface area contributed by atoms with Gasteiger partial charge >= 0.3 is 6.03 Å². The maximum atomic E-state index is 14.1. The van der Waals surface area contributed by atoms with E-state index in [9.17, 15) is 23.9 Å². The first-order valence-corrected chi connectivity index (χ1v) is 8.94. The minimum atomic E-state index is -1.04. The molecule has 1 saturated heterocycles. The number of hydrogen-bond donors (Lipinski definition) is 2. The summed E-state index contributed by atoms with van der Waals surface area (Å²) in [7, 11) is 0. The van der Waals surface area contributed by atoms with Crippen LogP contribution in [0.15, 0.2) is 46.4 Å². The lowest BCUT2D eigenvalue weighted by Gasteiger charge is -2.26. The lowest BCUT2D eigenvalue weighted by atomic mass is 10.1. The molecule has 0 unspecified atom stereocenters. The highest BCUT2D eigenvalue weighted by Crippen LogP contribution is 2.36. The summed E-state index contributed by atoms with van der Waals surface area (Å²) in [5, 5.41) is 12.0. The number of phenols is 1. The number of nitrogens with zero attached hydrogens (tertiary/aromatic N) is 1. The molecular formula is C19H14BrFN2O5. The van der Waals surface area contributed by atoms with Crippen LogP contribution in [0, 0.1) is 5.82 Å². The Kier molecular flexibility index (Phi) is 5.46. The molecule has 1 aliphatic heterocycles. The largest absolute Gasteiger partial charge is 0.503 e. The molecule has 7 nitrogen and oxygen atoms in total. The first kappa shape index (κ1) is 19.6. The predicted molar refractivity (Wildman–Crippen MR) is 102 cm³/mol. The van der Waals surface area contributed by atoms with Crippen LogP contribution in [-0.2, 0) is 9.59 Å². The van der Waals surface area contributed by atoms with Crippen LogP contribution < -0.4 is 15.0 Å². The average Bonchev–Trinajstić information content (AvgIpc) is 2.64. The number of carbonyl (C=O) groups is 3. The molecule has 4 amide bonds. The molecule has 0 saturated carbocycles. The Morgan fingerprint density at radius 2 is 1.96 bits per heavy atom. The molecule has 0 aliphatic carbocycles. The molecule has 1 fully saturated rings. The lowest BCUT2D eigenvalue weighted by molar-refractivity contribution is -0.122. The maximum Gasteiger partial charge on any atom is 0.336 e. The van der Waals surface area contributed by atoms with Gasteiger partial charge in [0.05, 0.1) is 16.8 Å². The number of amides is 4. The second kappa shape index (κ2) is 7.81. The average molecular weight is 449 g/mol. The maximum absolute atomic E-state index is 14.1. The number of urea groups is 1. The summed E-state index contributed by atoms with van der Waals surface area (Å²) < 4.78 is 19.7. The number of halogens is 2. The Labute approximate surface area is 167 Å². The van der Waals surface area contributed by atoms with Crippen molar-refractivity contribution >= 4 is 45.5 Å². The first-order chi connectivity index (χ1) is 13.3. The number of carbonyl (C=O) groups excluding carboxylic acids is 3. The number of benzene rings is 2. The van der Waals surface area contributed by atoms with Crippen molar-refractivity contribution in [3.05, 3.63) is 57.8 Å². The molecule has 1 aliphatic rings. The van der Waals surface area contributed by atoms with Crippen LogP contribution in [0.3, 0.4) is 0 Å². The molecule has 0 bridgehead atoms. The Balaban J connectivity index is 2.06. The van der Waals surface area contributed by atoms with Crippen molar-refractivity contribution in [1.82, 2.24) is 5.32 Å². The Bertz CT molecular complexity index is 1020. The molecule has 9 heteroatoms. The summed E-state index contributed by atoms with van der Waals surface area (Å²) in [6, 6.07) is 7.09. The van der Waals surface area contributed by atoms with Gasteiger partial charge < -0.3 is 9.84 Å². The third-order valence-electron chi connectivity index (χ3n) is 3.86. The number of hydrogen-bond acceptors (Lipinski definition) is 5. The standard InChI is InChI=1S/C19H14BrFN2O5/c1-2-28-15-9-10(8-12(20)16(15)24)7-11-17(25)22-19(27)23(18(11)26)14-6-4-3-5-13(14)21/h3-9,24H,2H2,1H3,(H,22,25,27)/b11-7+. The molecule has 2 aromatic rings. The number of anilines is 1. The predicted octanol–water partition coefficient (Wildman–Crippen LogP) is 3.36. The van der Waals surface area contributed by atoms with Gasteiger partial charge in [0.25, 0.3) is 11.8 Å². The highest BCUT2D eigenvalue weighted by Gasteiger charge is 2.38. The van der Waals surface area contributed by atoms with Gasteiger partial charge in [0, 0.05) is 0 Å². The van der Waals surface area contributed by atoms with Gasteiger partial charge in [0.2, 0.25) is 0 Å². The molecule has 1 heterocycles. The second-order valence-electron chi connectivity index (χ2n) is 5.69. The summed E-state index contributed by atoms with van der Waals surface area (Å²) >= 11 is 3.17. The zero-order valence-electron chi connectivity index (χ0n) is 14.5. The molecule has 0 spiro atoms. The number of imide groups is 2. The lowest BCUT2D eigenvalue weighted by Crippen LogP contribution is -2.54. The normalized spacial score (nSPS) is 15.8. The zero-order chi connectivity index (χ0) is 20.4. The van der Waals surface area contributed by atoms with Gasteiger partial charge in [0.15, 0.2) is 11.5 Å². The summed E-state index contributed by atoms with van der Waals surface area (Å²) in [5.74, 6) is -2.66. The van der Waals surface area contributed by atoms with E-state index in [0.717, 1.165) is 6.07 Å². The number of barbiturate groups is 1. The van der Waals surface area contributed by atoms with E-state index in [4.69, 9.17) is 4.74 Å². The molecule has 0 radical (unpaired) electrons. The van der Waals surface area contributed by atoms with Gasteiger partial charge in [-0.25, -0.2) is 14.1 Å². The molecule has 0 atom stereocenters. The van der Waals surface area contributed by atoms with Crippen molar-refractivity contribution in [3.63, 3.8) is 0 Å². The molecular weight excluding hydrogens is 435 g/mol. The molecule has 2 N–H and O–H groups in total. The van der Waals surface area contributed by atoms with Gasteiger partial charge in [-0.15, -0.1) is 0 Å². The van der Waals surface area contributed by atoms with E-state index in [1.807, 2.05) is 5.32 Å². The zero-order valence-corrected chi connectivity index (χ0v) is 16.1. The van der Waals surface area contributed by atoms with E-state index in [2.05, 4.69) is 15.9 Å². The Morgan fingerprint density at radius 1 is 1.25 bits per heavy atom. The van der Waals surface area contributed by atoms with Gasteiger partial charge in [-0.3, -0.25) is 14.9 Å². The van der Waals surface area contributed by atoms with E-state index in [1.165, 1.54) is 36.4 Å². The number of phenolic OH excluding ortho intramolecular Hbond substituents is 1. The molecule has 144 valence electrons. The van der Waals surface area contributed by atoms with E-state index in [0.29, 0.717) is 10.5 Å². The minimum Gasteiger partial charge on any atom is -0.503 e. The number of para-hydroxylation sites is 1. The van der Waals surface area contributed by atoms with Gasteiger partial charge in [-0.05, 0) is 58.8 Å². The van der Waals surface area contributed by atoms with Crippen LogP contribution in [0.5, 0.6) is 11.5 Å². The minimum absolute atomic E-state index is 0.133. The van der Waals surface area contributed by atoms with E-state index >= 15 is 0 Å². The summed E-state index contributed by atoms with van der Waals surface area (Å²) in [4.78, 5) is 37.7. The van der Waals surface area contributed by atoms with Crippen LogP contribution in [0.2, 0.25) is 0 Å². The smallest absolute Gasteiger partial charge is 0.336 e. The second-order valence-corrected chi connectivity index (χ2v) is 6.55. The van der Waals surface area contributed by atoms with Crippen LogP contribution in [-0.4, -0.2) is 29.6 Å². The van der Waals surface area contributed by atoms with E-state index in [-0.39, 0.29) is 33.8 Å². The number of rotatable bonds is 4. The topological polar surface area (TPSA) is 95.9 Å². The fourth-order valence-electron chi connectivity index (χ4n) is 2.62. The summed E-state index contributed by atoms with van der Waals surface area (Å²) in [5.41, 5.74) is -0.289. The number of ether oxygens (including phenoxy) is 1. The van der Waals surface area contributed by atoms with Gasteiger partial charge in [-0.1, -0.05) is 12.1 Å². The van der Waals surface area contributed by atoms with Gasteiger partial charge in [-0.2, -0.15) is 0 Å². The highest BCUT2D eigenvalue weighted by molar-refractivity contribution is 9.10. The monoisotopic (exact) mass is 448 g/mol. The molecule has 3 rings (SSSR count). The SMILES string of the molecule is CCOc1cc(/C=C2\C(=O)NC(=O)N(c3ccccc3F)C2=O)cc(Br)c1O. The molecule has 28 heavy (non-hydrogen) atoms. The molecule has 0 aromatic heterocycles. The van der Waals surface area contributed by atoms with Crippen molar-refractivity contribution < 1.29 is 28.6 Å². The first-order valence-electron chi connectivity index (χ1n) is 8.14. The summed E-state index contributed by atoms with van der Waals surface area (Å²) in [6.07, 6.45) is 1.23. The van der Waals surface area contributed by atoms with Crippen molar-refractivity contribution in [2.45, 2.75) is 6.92 Å². The van der Waals surface area contributed by atoms with Gasteiger partial charge in [0.1, 0.15) is 11.4 Å². The quantitative estimate of drug-likeness (QED) is 0.552. The van der Waals surface area contributed by atoms with E-state index < -0.39 is 23.7 Å². The Hall–Kier alpha value is -3.20. The van der Waals surface area contributed by atoms with Crippen LogP contribution >= 0.6 is 15.9 Å². The third kappa shape index (κ3) is 3.61. The van der Waals surface area contributed by atoms with Crippen LogP contribution in [0.25, 0.3) is 6.08 Å². The number of nitrogens with one attached hydrogen (secondary N) is 1. The Morgan fingerprint density at radius 3 is 2.64 bits per heavy atom. The molecule has 2 aromatic carbocycles. The third-order valence-corrected chi connectivity index (χ3v) is 4.46. The van der Waals surface area contributed by atoms with Crippen molar-refractivity contribution in [1.29, 1.82) is 0 Å². The fraction of sp³-hybridized carbons (Fsp3) is 0.105. The van der Waals surface area contributed by atoms with Crippen molar-refractivity contribution in [2.24, 2.45) is 0 Å².